The fraction of sp³-hybridized carbons (Fsp3) is 0.407. The van der Waals surface area contributed by atoms with Crippen molar-refractivity contribution in [2.24, 2.45) is 11.7 Å². The summed E-state index contributed by atoms with van der Waals surface area (Å²) in [5.41, 5.74) is 5.46. The number of carbonyl (C=O) groups is 2. The average molecular weight is 538 g/mol. The Balaban J connectivity index is 1.48. The first-order valence-electron chi connectivity index (χ1n) is 12.7. The lowest BCUT2D eigenvalue weighted by atomic mass is 10.1. The predicted molar refractivity (Wildman–Crippen MR) is 140 cm³/mol. The number of aromatic amines is 1. The van der Waals surface area contributed by atoms with Crippen LogP contribution in [0.2, 0.25) is 0 Å². The average Bonchev–Trinajstić information content (AvgIpc) is 3.39. The second-order valence-electron chi connectivity index (χ2n) is 9.86. The maximum atomic E-state index is 15.2. The summed E-state index contributed by atoms with van der Waals surface area (Å²) >= 11 is 0. The Morgan fingerprint density at radius 3 is 2.77 bits per heavy atom. The van der Waals surface area contributed by atoms with E-state index in [0.717, 1.165) is 12.8 Å². The van der Waals surface area contributed by atoms with Gasteiger partial charge in [-0.05, 0) is 37.2 Å². The molecule has 0 bridgehead atoms. The molecule has 1 aliphatic carbocycles. The molecule has 3 aromatic rings. The first kappa shape index (κ1) is 26.4. The van der Waals surface area contributed by atoms with Gasteiger partial charge in [-0.3, -0.25) is 9.59 Å². The number of carbonyl (C=O) groups excluding carboxylic acids is 2. The SMILES string of the molecule is C=CC(=O)N1C[C@@H](Cn2nc(C#Cc3c(F)cc4[nH]c(C5CC5)nc4c3F)c(C(N)=O)c2NC)C[C@@H]1COC. The zero-order valence-electron chi connectivity index (χ0n) is 21.7. The van der Waals surface area contributed by atoms with Crippen molar-refractivity contribution in [3.05, 3.63) is 53.0 Å². The lowest BCUT2D eigenvalue weighted by Crippen LogP contribution is -2.37. The highest BCUT2D eigenvalue weighted by molar-refractivity contribution is 6.00. The zero-order chi connectivity index (χ0) is 27.8. The lowest BCUT2D eigenvalue weighted by molar-refractivity contribution is -0.127. The number of primary amides is 1. The number of anilines is 1. The van der Waals surface area contributed by atoms with E-state index in [1.165, 1.54) is 12.1 Å². The molecule has 2 amide bonds. The van der Waals surface area contributed by atoms with Gasteiger partial charge in [0.1, 0.15) is 28.5 Å². The van der Waals surface area contributed by atoms with Crippen LogP contribution in [0.25, 0.3) is 11.0 Å². The van der Waals surface area contributed by atoms with E-state index in [9.17, 15) is 14.0 Å². The summed E-state index contributed by atoms with van der Waals surface area (Å²) < 4.78 is 36.9. The highest BCUT2D eigenvalue weighted by Crippen LogP contribution is 2.39. The van der Waals surface area contributed by atoms with Crippen LogP contribution in [0.4, 0.5) is 14.6 Å². The summed E-state index contributed by atoms with van der Waals surface area (Å²) in [5.74, 6) is 3.61. The van der Waals surface area contributed by atoms with Gasteiger partial charge in [-0.15, -0.1) is 0 Å². The molecule has 2 atom stereocenters. The summed E-state index contributed by atoms with van der Waals surface area (Å²) in [7, 11) is 3.18. The molecule has 0 unspecified atom stereocenters. The number of H-pyrrole nitrogens is 1. The van der Waals surface area contributed by atoms with Gasteiger partial charge < -0.3 is 25.7 Å². The highest BCUT2D eigenvalue weighted by atomic mass is 19.1. The Hall–Kier alpha value is -4.24. The molecule has 1 aromatic carbocycles. The molecule has 0 spiro atoms. The number of hydrogen-bond acceptors (Lipinski definition) is 6. The zero-order valence-corrected chi connectivity index (χ0v) is 21.7. The van der Waals surface area contributed by atoms with Crippen molar-refractivity contribution >= 4 is 28.7 Å². The number of likely N-dealkylation sites (tertiary alicyclic amines) is 1. The molecule has 12 heteroatoms. The smallest absolute Gasteiger partial charge is 0.255 e. The van der Waals surface area contributed by atoms with Crippen LogP contribution in [0, 0.1) is 29.4 Å². The first-order chi connectivity index (χ1) is 18.7. The summed E-state index contributed by atoms with van der Waals surface area (Å²) in [6, 6.07) is 1.04. The number of imidazole rings is 1. The maximum absolute atomic E-state index is 15.2. The molecule has 204 valence electrons. The molecule has 4 N–H and O–H groups in total. The Bertz CT molecular complexity index is 1530. The van der Waals surface area contributed by atoms with E-state index in [2.05, 4.69) is 38.8 Å². The highest BCUT2D eigenvalue weighted by Gasteiger charge is 2.35. The monoisotopic (exact) mass is 537 g/mol. The standard InChI is InChI=1S/C27H29F2N7O3/c1-4-21(37)35-11-14(9-16(35)13-39-3)12-36-27(31-2)22(25(30)38)19(34-36)8-7-17-18(28)10-20-24(23(17)29)33-26(32-20)15-5-6-15/h4,10,14-16,31H,1,5-6,9,11-13H2,2-3H3,(H2,30,38)(H,32,33)/t14-,16+/m0/s1. The van der Waals surface area contributed by atoms with E-state index < -0.39 is 23.1 Å². The van der Waals surface area contributed by atoms with Gasteiger partial charge in [0.25, 0.3) is 5.91 Å². The number of nitrogens with one attached hydrogen (secondary N) is 2. The molecule has 1 saturated carbocycles. The molecule has 3 heterocycles. The van der Waals surface area contributed by atoms with Crippen LogP contribution in [0.15, 0.2) is 18.7 Å². The second kappa shape index (κ2) is 10.5. The summed E-state index contributed by atoms with van der Waals surface area (Å²) in [6.45, 7) is 4.72. The number of amides is 2. The molecular formula is C27H29F2N7O3. The van der Waals surface area contributed by atoms with Crippen molar-refractivity contribution < 1.29 is 23.1 Å². The molecular weight excluding hydrogens is 508 g/mol. The van der Waals surface area contributed by atoms with Gasteiger partial charge in [-0.25, -0.2) is 18.4 Å². The molecule has 1 saturated heterocycles. The van der Waals surface area contributed by atoms with Gasteiger partial charge in [0.2, 0.25) is 5.91 Å². The van der Waals surface area contributed by atoms with Gasteiger partial charge in [-0.1, -0.05) is 12.5 Å². The fourth-order valence-electron chi connectivity index (χ4n) is 5.18. The van der Waals surface area contributed by atoms with Gasteiger partial charge in [0.05, 0.1) is 23.7 Å². The summed E-state index contributed by atoms with van der Waals surface area (Å²) in [5, 5.41) is 7.39. The number of hydrogen-bond donors (Lipinski definition) is 3. The number of nitrogens with zero attached hydrogens (tertiary/aromatic N) is 4. The number of aromatic nitrogens is 4. The Kier molecular flexibility index (Phi) is 7.10. The van der Waals surface area contributed by atoms with Gasteiger partial charge >= 0.3 is 0 Å². The minimum Gasteiger partial charge on any atom is -0.383 e. The molecule has 1 aliphatic heterocycles. The van der Waals surface area contributed by atoms with Crippen LogP contribution >= 0.6 is 0 Å². The third kappa shape index (κ3) is 4.97. The van der Waals surface area contributed by atoms with Crippen LogP contribution in [0.1, 0.15) is 52.6 Å². The molecule has 2 aromatic heterocycles. The van der Waals surface area contributed by atoms with Crippen LogP contribution in [0.3, 0.4) is 0 Å². The van der Waals surface area contributed by atoms with Gasteiger partial charge in [0.15, 0.2) is 11.5 Å². The number of benzene rings is 1. The molecule has 2 aliphatic rings. The number of ether oxygens (including phenoxy) is 1. The van der Waals surface area contributed by atoms with Crippen molar-refractivity contribution in [3.63, 3.8) is 0 Å². The van der Waals surface area contributed by atoms with Crippen LogP contribution < -0.4 is 11.1 Å². The molecule has 5 rings (SSSR count). The van der Waals surface area contributed by atoms with E-state index in [1.807, 2.05) is 0 Å². The summed E-state index contributed by atoms with van der Waals surface area (Å²) in [6.07, 6.45) is 3.83. The minimum absolute atomic E-state index is 0.00754. The third-order valence-electron chi connectivity index (χ3n) is 7.14. The van der Waals surface area contributed by atoms with E-state index in [0.29, 0.717) is 37.8 Å². The number of halogens is 2. The minimum atomic E-state index is -0.878. The number of nitrogens with two attached hydrogens (primary N) is 1. The Morgan fingerprint density at radius 2 is 2.13 bits per heavy atom. The predicted octanol–water partition coefficient (Wildman–Crippen LogP) is 2.50. The van der Waals surface area contributed by atoms with E-state index >= 15 is 4.39 Å². The van der Waals surface area contributed by atoms with Crippen LogP contribution in [0.5, 0.6) is 0 Å². The number of rotatable bonds is 8. The Labute approximate surface area is 223 Å². The maximum Gasteiger partial charge on any atom is 0.255 e. The third-order valence-corrected chi connectivity index (χ3v) is 7.14. The van der Waals surface area contributed by atoms with Crippen molar-refractivity contribution in [2.75, 3.05) is 32.6 Å². The Morgan fingerprint density at radius 1 is 1.36 bits per heavy atom. The largest absolute Gasteiger partial charge is 0.383 e. The van der Waals surface area contributed by atoms with Crippen molar-refractivity contribution in [3.8, 4) is 11.8 Å². The second-order valence-corrected chi connectivity index (χ2v) is 9.86. The molecule has 2 fully saturated rings. The van der Waals surface area contributed by atoms with Crippen molar-refractivity contribution in [1.29, 1.82) is 0 Å². The van der Waals surface area contributed by atoms with Crippen molar-refractivity contribution in [2.45, 2.75) is 37.8 Å². The first-order valence-corrected chi connectivity index (χ1v) is 12.7. The van der Waals surface area contributed by atoms with E-state index in [1.54, 1.807) is 23.7 Å². The van der Waals surface area contributed by atoms with Crippen LogP contribution in [-0.4, -0.2) is 69.8 Å². The molecule has 39 heavy (non-hydrogen) atoms. The van der Waals surface area contributed by atoms with Gasteiger partial charge in [0, 0.05) is 39.2 Å². The van der Waals surface area contributed by atoms with E-state index in [-0.39, 0.29) is 46.1 Å². The quantitative estimate of drug-likeness (QED) is 0.299. The lowest BCUT2D eigenvalue weighted by Gasteiger charge is -2.22. The summed E-state index contributed by atoms with van der Waals surface area (Å²) in [4.78, 5) is 33.7. The number of fused-ring (bicyclic) bond motifs is 1. The van der Waals surface area contributed by atoms with Crippen LogP contribution in [-0.2, 0) is 16.1 Å². The van der Waals surface area contributed by atoms with Gasteiger partial charge in [-0.2, -0.15) is 5.10 Å². The topological polar surface area (TPSA) is 131 Å². The molecule has 10 nitrogen and oxygen atoms in total. The normalized spacial score (nSPS) is 18.7. The van der Waals surface area contributed by atoms with Crippen molar-refractivity contribution in [1.82, 2.24) is 24.6 Å². The van der Waals surface area contributed by atoms with E-state index in [4.69, 9.17) is 10.5 Å². The fourth-order valence-corrected chi connectivity index (χ4v) is 5.18. The number of methoxy groups -OCH3 is 1. The molecule has 0 radical (unpaired) electrons.